The molecule has 21 heavy (non-hydrogen) atoms. The van der Waals surface area contributed by atoms with Crippen molar-refractivity contribution in [1.29, 1.82) is 0 Å². The van der Waals surface area contributed by atoms with E-state index in [1.165, 1.54) is 25.7 Å². The first-order chi connectivity index (χ1) is 10.2. The zero-order valence-electron chi connectivity index (χ0n) is 13.2. The fourth-order valence-corrected chi connectivity index (χ4v) is 3.61. The summed E-state index contributed by atoms with van der Waals surface area (Å²) in [6.45, 7) is 1.81. The Morgan fingerprint density at radius 2 is 1.90 bits per heavy atom. The molecule has 1 atom stereocenters. The average molecular weight is 295 g/mol. The Hall–Kier alpha value is -1.10. The van der Waals surface area contributed by atoms with E-state index in [0.29, 0.717) is 6.42 Å². The lowest BCUT2D eigenvalue weighted by atomic mass is 10.0. The molecule has 0 aromatic carbocycles. The third-order valence-electron chi connectivity index (χ3n) is 4.83. The van der Waals surface area contributed by atoms with Crippen LogP contribution in [0, 0.1) is 5.92 Å². The summed E-state index contributed by atoms with van der Waals surface area (Å²) in [5, 5.41) is 5.93. The summed E-state index contributed by atoms with van der Waals surface area (Å²) >= 11 is 0. The van der Waals surface area contributed by atoms with Crippen LogP contribution in [0.4, 0.5) is 0 Å². The van der Waals surface area contributed by atoms with Crippen molar-refractivity contribution in [3.63, 3.8) is 0 Å². The molecular weight excluding hydrogens is 266 g/mol. The number of amides is 2. The topological polar surface area (TPSA) is 61.4 Å². The van der Waals surface area contributed by atoms with Crippen molar-refractivity contribution in [1.82, 2.24) is 15.5 Å². The molecule has 0 bridgehead atoms. The van der Waals surface area contributed by atoms with Gasteiger partial charge in [-0.1, -0.05) is 25.7 Å². The van der Waals surface area contributed by atoms with Gasteiger partial charge in [0, 0.05) is 25.6 Å². The molecule has 0 aromatic heterocycles. The molecule has 2 fully saturated rings. The molecule has 1 unspecified atom stereocenters. The van der Waals surface area contributed by atoms with Gasteiger partial charge in [-0.05, 0) is 32.2 Å². The van der Waals surface area contributed by atoms with Crippen molar-refractivity contribution in [2.45, 2.75) is 57.4 Å². The number of hydrogen-bond donors (Lipinski definition) is 2. The highest BCUT2D eigenvalue weighted by molar-refractivity contribution is 5.85. The van der Waals surface area contributed by atoms with Crippen LogP contribution in [0.5, 0.6) is 0 Å². The van der Waals surface area contributed by atoms with Gasteiger partial charge >= 0.3 is 0 Å². The van der Waals surface area contributed by atoms with Gasteiger partial charge in [-0.2, -0.15) is 0 Å². The second-order valence-corrected chi connectivity index (χ2v) is 6.41. The minimum atomic E-state index is 0.0274. The third kappa shape index (κ3) is 4.99. The van der Waals surface area contributed by atoms with Gasteiger partial charge in [0.1, 0.15) is 0 Å². The second kappa shape index (κ2) is 8.37. The lowest BCUT2D eigenvalue weighted by Crippen LogP contribution is -2.45. The lowest BCUT2D eigenvalue weighted by molar-refractivity contribution is -0.133. The van der Waals surface area contributed by atoms with E-state index in [0.717, 1.165) is 38.3 Å². The lowest BCUT2D eigenvalue weighted by Gasteiger charge is -2.24. The predicted octanol–water partition coefficient (Wildman–Crippen LogP) is 1.28. The molecule has 120 valence electrons. The predicted molar refractivity (Wildman–Crippen MR) is 82.9 cm³/mol. The molecule has 2 amide bonds. The molecule has 5 heteroatoms. The highest BCUT2D eigenvalue weighted by Crippen LogP contribution is 2.28. The molecule has 1 heterocycles. The van der Waals surface area contributed by atoms with Gasteiger partial charge < -0.3 is 15.5 Å². The summed E-state index contributed by atoms with van der Waals surface area (Å²) in [6.07, 6.45) is 8.83. The van der Waals surface area contributed by atoms with Crippen LogP contribution in [-0.4, -0.2) is 49.4 Å². The average Bonchev–Trinajstić information content (AvgIpc) is 3.14. The molecule has 5 nitrogen and oxygen atoms in total. The number of likely N-dealkylation sites (tertiary alicyclic amines) is 1. The summed E-state index contributed by atoms with van der Waals surface area (Å²) in [4.78, 5) is 25.9. The highest BCUT2D eigenvalue weighted by atomic mass is 16.2. The molecule has 1 aliphatic carbocycles. The summed E-state index contributed by atoms with van der Waals surface area (Å²) in [5.41, 5.74) is 0. The number of nitrogens with zero attached hydrogens (tertiary/aromatic N) is 1. The van der Waals surface area contributed by atoms with Gasteiger partial charge in [-0.25, -0.2) is 0 Å². The van der Waals surface area contributed by atoms with Crippen molar-refractivity contribution in [3.8, 4) is 0 Å². The van der Waals surface area contributed by atoms with Crippen LogP contribution in [0.2, 0.25) is 0 Å². The third-order valence-corrected chi connectivity index (χ3v) is 4.83. The minimum Gasteiger partial charge on any atom is -0.347 e. The van der Waals surface area contributed by atoms with Crippen LogP contribution in [-0.2, 0) is 9.59 Å². The Bertz CT molecular complexity index is 353. The summed E-state index contributed by atoms with van der Waals surface area (Å²) in [6, 6.07) is 0.290. The molecule has 0 radical (unpaired) electrons. The smallest absolute Gasteiger partial charge is 0.242 e. The van der Waals surface area contributed by atoms with Crippen molar-refractivity contribution in [3.05, 3.63) is 0 Å². The number of carbonyl (C=O) groups excluding carboxylic acids is 2. The quantitative estimate of drug-likeness (QED) is 0.744. The van der Waals surface area contributed by atoms with Crippen LogP contribution in [0.25, 0.3) is 0 Å². The highest BCUT2D eigenvalue weighted by Gasteiger charge is 2.27. The molecular formula is C16H29N3O2. The number of nitrogens with one attached hydrogen (secondary N) is 2. The molecule has 1 saturated carbocycles. The molecule has 1 aliphatic heterocycles. The van der Waals surface area contributed by atoms with Crippen molar-refractivity contribution < 1.29 is 9.59 Å². The Kier molecular flexibility index (Phi) is 6.49. The van der Waals surface area contributed by atoms with E-state index in [9.17, 15) is 9.59 Å². The second-order valence-electron chi connectivity index (χ2n) is 6.41. The summed E-state index contributed by atoms with van der Waals surface area (Å²) in [5.74, 6) is 0.812. The molecule has 2 rings (SSSR count). The van der Waals surface area contributed by atoms with Gasteiger partial charge in [0.05, 0.1) is 6.54 Å². The van der Waals surface area contributed by atoms with E-state index in [1.807, 2.05) is 11.9 Å². The van der Waals surface area contributed by atoms with Crippen molar-refractivity contribution >= 4 is 11.8 Å². The van der Waals surface area contributed by atoms with Gasteiger partial charge in [-0.15, -0.1) is 0 Å². The molecule has 2 aliphatic rings. The van der Waals surface area contributed by atoms with E-state index in [2.05, 4.69) is 10.6 Å². The first-order valence-electron chi connectivity index (χ1n) is 8.41. The van der Waals surface area contributed by atoms with E-state index in [-0.39, 0.29) is 24.4 Å². The van der Waals surface area contributed by atoms with Gasteiger partial charge in [0.25, 0.3) is 0 Å². The Morgan fingerprint density at radius 1 is 1.14 bits per heavy atom. The SMILES string of the molecule is CNCC1CCCN1C(=O)CNC(=O)CCC1CCCC1. The fourth-order valence-electron chi connectivity index (χ4n) is 3.61. The minimum absolute atomic E-state index is 0.0274. The first kappa shape index (κ1) is 16.3. The van der Waals surface area contributed by atoms with Crippen LogP contribution in [0.15, 0.2) is 0 Å². The fraction of sp³-hybridized carbons (Fsp3) is 0.875. The summed E-state index contributed by atoms with van der Waals surface area (Å²) < 4.78 is 0. The molecule has 1 saturated heterocycles. The molecule has 2 N–H and O–H groups in total. The normalized spacial score (nSPS) is 22.7. The number of likely N-dealkylation sites (N-methyl/N-ethyl adjacent to an activating group) is 1. The van der Waals surface area contributed by atoms with E-state index in [4.69, 9.17) is 0 Å². The Labute approximate surface area is 127 Å². The largest absolute Gasteiger partial charge is 0.347 e. The van der Waals surface area contributed by atoms with Gasteiger partial charge in [0.15, 0.2) is 0 Å². The molecule has 0 spiro atoms. The van der Waals surface area contributed by atoms with Crippen LogP contribution < -0.4 is 10.6 Å². The number of hydrogen-bond acceptors (Lipinski definition) is 3. The Balaban J connectivity index is 1.64. The van der Waals surface area contributed by atoms with E-state index in [1.54, 1.807) is 0 Å². The zero-order chi connectivity index (χ0) is 15.1. The maximum Gasteiger partial charge on any atom is 0.242 e. The molecule has 0 aromatic rings. The van der Waals surface area contributed by atoms with Gasteiger partial charge in [-0.3, -0.25) is 9.59 Å². The van der Waals surface area contributed by atoms with E-state index >= 15 is 0 Å². The standard InChI is InChI=1S/C16H29N3O2/c1-17-11-14-7-4-10-19(14)16(21)12-18-15(20)9-8-13-5-2-3-6-13/h13-14,17H,2-12H2,1H3,(H,18,20). The monoisotopic (exact) mass is 295 g/mol. The van der Waals surface area contributed by atoms with Crippen LogP contribution in [0.1, 0.15) is 51.4 Å². The van der Waals surface area contributed by atoms with Gasteiger partial charge in [0.2, 0.25) is 11.8 Å². The van der Waals surface area contributed by atoms with Crippen LogP contribution >= 0.6 is 0 Å². The van der Waals surface area contributed by atoms with Crippen LogP contribution in [0.3, 0.4) is 0 Å². The maximum atomic E-state index is 12.2. The Morgan fingerprint density at radius 3 is 2.62 bits per heavy atom. The number of carbonyl (C=O) groups is 2. The summed E-state index contributed by atoms with van der Waals surface area (Å²) in [7, 11) is 1.91. The van der Waals surface area contributed by atoms with Crippen molar-refractivity contribution in [2.75, 3.05) is 26.7 Å². The maximum absolute atomic E-state index is 12.2. The zero-order valence-corrected chi connectivity index (χ0v) is 13.2. The number of rotatable bonds is 7. The van der Waals surface area contributed by atoms with Crippen molar-refractivity contribution in [2.24, 2.45) is 5.92 Å². The first-order valence-corrected chi connectivity index (χ1v) is 8.41. The van der Waals surface area contributed by atoms with E-state index < -0.39 is 0 Å².